The summed E-state index contributed by atoms with van der Waals surface area (Å²) in [4.78, 5) is 12.2. The van der Waals surface area contributed by atoms with Gasteiger partial charge in [0.1, 0.15) is 5.75 Å². The van der Waals surface area contributed by atoms with Gasteiger partial charge in [0.25, 0.3) is 0 Å². The van der Waals surface area contributed by atoms with Gasteiger partial charge in [-0.05, 0) is 41.5 Å². The normalized spacial score (nSPS) is 15.8. The number of phenolic OH excluding ortho intramolecular Hbond substituents is 1. The van der Waals surface area contributed by atoms with Gasteiger partial charge in [0.2, 0.25) is 0 Å². The lowest BCUT2D eigenvalue weighted by atomic mass is 10.1. The molecule has 0 amide bonds. The van der Waals surface area contributed by atoms with Crippen molar-refractivity contribution in [2.75, 3.05) is 0 Å². The Morgan fingerprint density at radius 1 is 1.11 bits per heavy atom. The molecule has 0 radical (unpaired) electrons. The van der Waals surface area contributed by atoms with Crippen LogP contribution >= 0.6 is 15.9 Å². The van der Waals surface area contributed by atoms with Crippen molar-refractivity contribution in [1.82, 2.24) is 0 Å². The van der Waals surface area contributed by atoms with Crippen molar-refractivity contribution in [3.8, 4) is 5.75 Å². The molecule has 0 heterocycles. The number of allylic oxidation sites excluding steroid dienone is 1. The Kier molecular flexibility index (Phi) is 2.99. The van der Waals surface area contributed by atoms with Crippen LogP contribution in [0.15, 0.2) is 52.5 Å². The summed E-state index contributed by atoms with van der Waals surface area (Å²) >= 11 is 3.39. The maximum absolute atomic E-state index is 12.2. The topological polar surface area (TPSA) is 37.3 Å². The van der Waals surface area contributed by atoms with Crippen LogP contribution in [0.3, 0.4) is 0 Å². The Morgan fingerprint density at radius 2 is 1.84 bits per heavy atom. The lowest BCUT2D eigenvalue weighted by Gasteiger charge is -1.97. The number of benzene rings is 2. The molecule has 3 rings (SSSR count). The van der Waals surface area contributed by atoms with Crippen LogP contribution in [-0.2, 0) is 6.42 Å². The smallest absolute Gasteiger partial charge is 0.189 e. The minimum atomic E-state index is 0.00817. The molecule has 0 bridgehead atoms. The molecular formula is C16H11BrO2. The fourth-order valence-corrected chi connectivity index (χ4v) is 2.53. The molecule has 2 aromatic carbocycles. The molecule has 0 saturated heterocycles. The Hall–Kier alpha value is -1.87. The second-order valence-corrected chi connectivity index (χ2v) is 5.48. The number of aromatic hydroxyl groups is 1. The second kappa shape index (κ2) is 4.67. The van der Waals surface area contributed by atoms with Gasteiger partial charge in [-0.3, -0.25) is 4.79 Å². The lowest BCUT2D eigenvalue weighted by Crippen LogP contribution is -1.95. The third-order valence-electron chi connectivity index (χ3n) is 3.22. The van der Waals surface area contributed by atoms with Gasteiger partial charge in [-0.2, -0.15) is 0 Å². The van der Waals surface area contributed by atoms with Gasteiger partial charge in [0.05, 0.1) is 0 Å². The van der Waals surface area contributed by atoms with E-state index in [0.717, 1.165) is 21.2 Å². The zero-order chi connectivity index (χ0) is 13.4. The maximum atomic E-state index is 12.2. The maximum Gasteiger partial charge on any atom is 0.189 e. The van der Waals surface area contributed by atoms with Crippen molar-refractivity contribution in [3.05, 3.63) is 69.2 Å². The number of hydrogen-bond acceptors (Lipinski definition) is 2. The van der Waals surface area contributed by atoms with Gasteiger partial charge < -0.3 is 5.11 Å². The largest absolute Gasteiger partial charge is 0.508 e. The van der Waals surface area contributed by atoms with Crippen LogP contribution in [0.2, 0.25) is 0 Å². The van der Waals surface area contributed by atoms with Crippen LogP contribution in [0.25, 0.3) is 6.08 Å². The summed E-state index contributed by atoms with van der Waals surface area (Å²) < 4.78 is 1.01. The van der Waals surface area contributed by atoms with E-state index >= 15 is 0 Å². The third kappa shape index (κ3) is 2.34. The SMILES string of the molecule is O=C1C(=Cc2ccc(Br)cc2)Cc2ccc(O)cc21. The molecule has 19 heavy (non-hydrogen) atoms. The van der Waals surface area contributed by atoms with Gasteiger partial charge in [0, 0.05) is 22.0 Å². The number of hydrogen-bond donors (Lipinski definition) is 1. The van der Waals surface area contributed by atoms with E-state index in [-0.39, 0.29) is 11.5 Å². The van der Waals surface area contributed by atoms with E-state index in [2.05, 4.69) is 15.9 Å². The van der Waals surface area contributed by atoms with Crippen molar-refractivity contribution in [1.29, 1.82) is 0 Å². The Morgan fingerprint density at radius 3 is 2.58 bits per heavy atom. The average Bonchev–Trinajstić information content (AvgIpc) is 2.70. The summed E-state index contributed by atoms with van der Waals surface area (Å²) in [6.45, 7) is 0. The first kappa shape index (κ1) is 12.2. The molecular weight excluding hydrogens is 304 g/mol. The number of halogens is 1. The second-order valence-electron chi connectivity index (χ2n) is 4.57. The predicted octanol–water partition coefficient (Wildman–Crippen LogP) is 3.98. The van der Waals surface area contributed by atoms with Gasteiger partial charge >= 0.3 is 0 Å². The number of rotatable bonds is 1. The summed E-state index contributed by atoms with van der Waals surface area (Å²) in [5.74, 6) is 0.144. The highest BCUT2D eigenvalue weighted by Gasteiger charge is 2.24. The highest BCUT2D eigenvalue weighted by atomic mass is 79.9. The third-order valence-corrected chi connectivity index (χ3v) is 3.75. The zero-order valence-corrected chi connectivity index (χ0v) is 11.6. The molecule has 1 aliphatic rings. The highest BCUT2D eigenvalue weighted by Crippen LogP contribution is 2.30. The fraction of sp³-hybridized carbons (Fsp3) is 0.0625. The molecule has 0 fully saturated rings. The molecule has 0 spiro atoms. The predicted molar refractivity (Wildman–Crippen MR) is 78.3 cm³/mol. The molecule has 2 nitrogen and oxygen atoms in total. The van der Waals surface area contributed by atoms with E-state index in [9.17, 15) is 9.90 Å². The molecule has 0 saturated carbocycles. The summed E-state index contributed by atoms with van der Waals surface area (Å²) in [5, 5.41) is 9.44. The van der Waals surface area contributed by atoms with Crippen LogP contribution < -0.4 is 0 Å². The van der Waals surface area contributed by atoms with Gasteiger partial charge in [-0.25, -0.2) is 0 Å². The van der Waals surface area contributed by atoms with Crippen molar-refractivity contribution >= 4 is 27.8 Å². The Labute approximate surface area is 119 Å². The summed E-state index contributed by atoms with van der Waals surface area (Å²) in [7, 11) is 0. The van der Waals surface area contributed by atoms with E-state index in [1.165, 1.54) is 0 Å². The first-order chi connectivity index (χ1) is 9.13. The van der Waals surface area contributed by atoms with Gasteiger partial charge in [-0.15, -0.1) is 0 Å². The average molecular weight is 315 g/mol. The van der Waals surface area contributed by atoms with Crippen molar-refractivity contribution < 1.29 is 9.90 Å². The number of phenols is 1. The van der Waals surface area contributed by atoms with Crippen molar-refractivity contribution in [2.45, 2.75) is 6.42 Å². The fourth-order valence-electron chi connectivity index (χ4n) is 2.27. The zero-order valence-electron chi connectivity index (χ0n) is 10.1. The number of fused-ring (bicyclic) bond motifs is 1. The van der Waals surface area contributed by atoms with Crippen LogP contribution in [0.5, 0.6) is 5.75 Å². The lowest BCUT2D eigenvalue weighted by molar-refractivity contribution is 0.104. The molecule has 2 aromatic rings. The van der Waals surface area contributed by atoms with Gasteiger partial charge in [0.15, 0.2) is 5.78 Å². The van der Waals surface area contributed by atoms with E-state index in [0.29, 0.717) is 12.0 Å². The first-order valence-electron chi connectivity index (χ1n) is 5.96. The van der Waals surface area contributed by atoms with E-state index in [4.69, 9.17) is 0 Å². The number of Topliss-reactive ketones (excluding diaryl/α,β-unsaturated/α-hetero) is 1. The van der Waals surface area contributed by atoms with Crippen molar-refractivity contribution in [2.24, 2.45) is 0 Å². The molecule has 94 valence electrons. The Bertz CT molecular complexity index is 684. The van der Waals surface area contributed by atoms with Crippen molar-refractivity contribution in [3.63, 3.8) is 0 Å². The standard InChI is InChI=1S/C16H11BrO2/c17-13-4-1-10(2-5-13)7-12-8-11-3-6-14(18)9-15(11)16(12)19/h1-7,9,18H,8H2. The number of carbonyl (C=O) groups excluding carboxylic acids is 1. The van der Waals surface area contributed by atoms with E-state index < -0.39 is 0 Å². The molecule has 0 atom stereocenters. The summed E-state index contributed by atoms with van der Waals surface area (Å²) in [6, 6.07) is 12.8. The number of ketones is 1. The highest BCUT2D eigenvalue weighted by molar-refractivity contribution is 9.10. The van der Waals surface area contributed by atoms with E-state index in [1.807, 2.05) is 36.4 Å². The quantitative estimate of drug-likeness (QED) is 0.808. The van der Waals surface area contributed by atoms with Crippen LogP contribution in [0.1, 0.15) is 21.5 Å². The number of carbonyl (C=O) groups is 1. The minimum absolute atomic E-state index is 0.00817. The summed E-state index contributed by atoms with van der Waals surface area (Å²) in [6.07, 6.45) is 2.54. The molecule has 0 unspecified atom stereocenters. The van der Waals surface area contributed by atoms with Crippen LogP contribution in [0.4, 0.5) is 0 Å². The van der Waals surface area contributed by atoms with Crippen LogP contribution in [0, 0.1) is 0 Å². The molecule has 1 aliphatic carbocycles. The Balaban J connectivity index is 1.97. The van der Waals surface area contributed by atoms with E-state index in [1.54, 1.807) is 12.1 Å². The minimum Gasteiger partial charge on any atom is -0.508 e. The van der Waals surface area contributed by atoms with Crippen LogP contribution in [-0.4, -0.2) is 10.9 Å². The summed E-state index contributed by atoms with van der Waals surface area (Å²) in [5.41, 5.74) is 3.36. The monoisotopic (exact) mass is 314 g/mol. The molecule has 0 aliphatic heterocycles. The first-order valence-corrected chi connectivity index (χ1v) is 6.75. The molecule has 1 N–H and O–H groups in total. The van der Waals surface area contributed by atoms with Gasteiger partial charge in [-0.1, -0.05) is 34.1 Å². The molecule has 0 aromatic heterocycles. The molecule has 3 heteroatoms.